The Morgan fingerprint density at radius 2 is 1.76 bits per heavy atom. The molecule has 0 bridgehead atoms. The van der Waals surface area contributed by atoms with Gasteiger partial charge in [0.1, 0.15) is 0 Å². The molecule has 2 saturated carbocycles. The monoisotopic (exact) mass is 295 g/mol. The number of rotatable bonds is 4. The Labute approximate surface area is 130 Å². The molecule has 1 N–H and O–H groups in total. The van der Waals surface area contributed by atoms with Gasteiger partial charge in [-0.05, 0) is 56.4 Å². The van der Waals surface area contributed by atoms with E-state index in [1.807, 2.05) is 0 Å². The normalized spacial score (nSPS) is 31.8. The Kier molecular flexibility index (Phi) is 5.34. The Bertz CT molecular complexity index is 355. The number of nitrogens with zero attached hydrogens (tertiary/aromatic N) is 1. The number of hydrogen-bond acceptors (Lipinski definition) is 2. The average molecular weight is 295 g/mol. The van der Waals surface area contributed by atoms with Crippen molar-refractivity contribution in [2.24, 2.45) is 23.2 Å². The molecule has 122 valence electrons. The van der Waals surface area contributed by atoms with Crippen molar-refractivity contribution in [1.82, 2.24) is 4.90 Å². The molecular weight excluding hydrogens is 262 g/mol. The van der Waals surface area contributed by atoms with E-state index in [4.69, 9.17) is 0 Å². The largest absolute Gasteiger partial charge is 0.481 e. The van der Waals surface area contributed by atoms with Gasteiger partial charge in [-0.25, -0.2) is 0 Å². The molecule has 0 radical (unpaired) electrons. The van der Waals surface area contributed by atoms with Gasteiger partial charge in [0.2, 0.25) is 0 Å². The molecule has 0 aliphatic heterocycles. The van der Waals surface area contributed by atoms with Crippen LogP contribution in [0.5, 0.6) is 0 Å². The maximum absolute atomic E-state index is 11.6. The highest BCUT2D eigenvalue weighted by molar-refractivity contribution is 5.71. The van der Waals surface area contributed by atoms with Gasteiger partial charge in [0.05, 0.1) is 5.92 Å². The molecule has 2 fully saturated rings. The van der Waals surface area contributed by atoms with E-state index in [-0.39, 0.29) is 17.4 Å². The van der Waals surface area contributed by atoms with Crippen LogP contribution in [0.4, 0.5) is 0 Å². The predicted molar refractivity (Wildman–Crippen MR) is 86.3 cm³/mol. The van der Waals surface area contributed by atoms with Crippen LogP contribution in [0.15, 0.2) is 0 Å². The van der Waals surface area contributed by atoms with E-state index in [0.29, 0.717) is 5.92 Å². The maximum atomic E-state index is 11.6. The first-order valence-electron chi connectivity index (χ1n) is 8.72. The molecule has 2 aliphatic carbocycles. The lowest BCUT2D eigenvalue weighted by atomic mass is 9.67. The minimum absolute atomic E-state index is 0.171. The second-order valence-electron chi connectivity index (χ2n) is 8.48. The topological polar surface area (TPSA) is 40.5 Å². The number of carboxylic acid groups (broad SMARTS) is 1. The molecule has 0 aromatic rings. The lowest BCUT2D eigenvalue weighted by Crippen LogP contribution is -2.48. The van der Waals surface area contributed by atoms with Crippen LogP contribution in [0.2, 0.25) is 0 Å². The van der Waals surface area contributed by atoms with Crippen LogP contribution < -0.4 is 0 Å². The highest BCUT2D eigenvalue weighted by atomic mass is 16.4. The number of aliphatic carboxylic acids is 1. The Balaban J connectivity index is 2.03. The van der Waals surface area contributed by atoms with Gasteiger partial charge >= 0.3 is 5.97 Å². The van der Waals surface area contributed by atoms with Crippen molar-refractivity contribution in [3.05, 3.63) is 0 Å². The van der Waals surface area contributed by atoms with Crippen LogP contribution in [-0.2, 0) is 4.79 Å². The summed E-state index contributed by atoms with van der Waals surface area (Å²) in [5, 5.41) is 9.58. The van der Waals surface area contributed by atoms with Crippen LogP contribution in [0.3, 0.4) is 0 Å². The predicted octanol–water partition coefficient (Wildman–Crippen LogP) is 4.02. The molecule has 21 heavy (non-hydrogen) atoms. The van der Waals surface area contributed by atoms with Crippen molar-refractivity contribution in [3.63, 3.8) is 0 Å². The van der Waals surface area contributed by atoms with Gasteiger partial charge < -0.3 is 10.0 Å². The maximum Gasteiger partial charge on any atom is 0.308 e. The molecule has 0 spiro atoms. The highest BCUT2D eigenvalue weighted by Gasteiger charge is 2.41. The number of carbonyl (C=O) groups is 1. The third kappa shape index (κ3) is 4.21. The SMILES string of the molecule is CN(CC1CCCC1)C1CC(C(C)(C)C)CCC1C(=O)O. The van der Waals surface area contributed by atoms with Crippen LogP contribution in [0.1, 0.15) is 65.7 Å². The van der Waals surface area contributed by atoms with Crippen LogP contribution in [-0.4, -0.2) is 35.6 Å². The molecule has 2 rings (SSSR count). The fourth-order valence-electron chi connectivity index (χ4n) is 4.44. The summed E-state index contributed by atoms with van der Waals surface area (Å²) in [5.74, 6) is 0.671. The van der Waals surface area contributed by atoms with Gasteiger partial charge in [-0.1, -0.05) is 33.6 Å². The minimum Gasteiger partial charge on any atom is -0.481 e. The molecule has 0 aromatic carbocycles. The first-order chi connectivity index (χ1) is 9.79. The van der Waals surface area contributed by atoms with Crippen LogP contribution in [0.25, 0.3) is 0 Å². The molecule has 3 atom stereocenters. The average Bonchev–Trinajstić information content (AvgIpc) is 2.89. The van der Waals surface area contributed by atoms with E-state index in [1.165, 1.54) is 25.7 Å². The van der Waals surface area contributed by atoms with Crippen molar-refractivity contribution < 1.29 is 9.90 Å². The third-order valence-electron chi connectivity index (χ3n) is 5.95. The van der Waals surface area contributed by atoms with Gasteiger partial charge in [0.25, 0.3) is 0 Å². The Morgan fingerprint density at radius 3 is 2.29 bits per heavy atom. The molecule has 0 amide bonds. The van der Waals surface area contributed by atoms with E-state index in [9.17, 15) is 9.90 Å². The quantitative estimate of drug-likeness (QED) is 0.851. The van der Waals surface area contributed by atoms with Crippen molar-refractivity contribution in [2.75, 3.05) is 13.6 Å². The smallest absolute Gasteiger partial charge is 0.308 e. The summed E-state index contributed by atoms with van der Waals surface area (Å²) in [7, 11) is 2.16. The molecule has 3 heteroatoms. The molecule has 3 nitrogen and oxygen atoms in total. The number of carboxylic acids is 1. The highest BCUT2D eigenvalue weighted by Crippen LogP contribution is 2.42. The molecule has 3 unspecified atom stereocenters. The standard InChI is InChI=1S/C18H33NO2/c1-18(2,3)14-9-10-15(17(20)21)16(11-14)19(4)12-13-7-5-6-8-13/h13-16H,5-12H2,1-4H3,(H,20,21). The van der Waals surface area contributed by atoms with Gasteiger partial charge in [-0.15, -0.1) is 0 Å². The summed E-state index contributed by atoms with van der Waals surface area (Å²) in [4.78, 5) is 14.0. The molecule has 0 aromatic heterocycles. The summed E-state index contributed by atoms with van der Waals surface area (Å²) in [6.45, 7) is 7.98. The zero-order chi connectivity index (χ0) is 15.6. The lowest BCUT2D eigenvalue weighted by molar-refractivity contribution is -0.146. The first kappa shape index (κ1) is 16.8. The van der Waals surface area contributed by atoms with Crippen molar-refractivity contribution >= 4 is 5.97 Å². The zero-order valence-corrected chi connectivity index (χ0v) is 14.3. The Morgan fingerprint density at radius 1 is 1.14 bits per heavy atom. The summed E-state index contributed by atoms with van der Waals surface area (Å²) >= 11 is 0. The molecule has 0 heterocycles. The summed E-state index contributed by atoms with van der Waals surface area (Å²) < 4.78 is 0. The van der Waals surface area contributed by atoms with E-state index in [0.717, 1.165) is 31.7 Å². The Hall–Kier alpha value is -0.570. The first-order valence-corrected chi connectivity index (χ1v) is 8.72. The van der Waals surface area contributed by atoms with Crippen molar-refractivity contribution in [1.29, 1.82) is 0 Å². The summed E-state index contributed by atoms with van der Waals surface area (Å²) in [6.07, 6.45) is 8.33. The fraction of sp³-hybridized carbons (Fsp3) is 0.944. The van der Waals surface area contributed by atoms with E-state index < -0.39 is 5.97 Å². The van der Waals surface area contributed by atoms with E-state index in [2.05, 4.69) is 32.7 Å². The lowest BCUT2D eigenvalue weighted by Gasteiger charge is -2.44. The van der Waals surface area contributed by atoms with Crippen LogP contribution in [0, 0.1) is 23.2 Å². The van der Waals surface area contributed by atoms with Gasteiger partial charge in [0, 0.05) is 12.6 Å². The van der Waals surface area contributed by atoms with Gasteiger partial charge in [-0.3, -0.25) is 4.79 Å². The molecular formula is C18H33NO2. The zero-order valence-electron chi connectivity index (χ0n) is 14.3. The van der Waals surface area contributed by atoms with Gasteiger partial charge in [0.15, 0.2) is 0 Å². The van der Waals surface area contributed by atoms with Gasteiger partial charge in [-0.2, -0.15) is 0 Å². The third-order valence-corrected chi connectivity index (χ3v) is 5.95. The second-order valence-corrected chi connectivity index (χ2v) is 8.48. The number of hydrogen-bond donors (Lipinski definition) is 1. The summed E-state index contributed by atoms with van der Waals surface area (Å²) in [6, 6.07) is 0.223. The van der Waals surface area contributed by atoms with E-state index in [1.54, 1.807) is 0 Å². The molecule has 2 aliphatic rings. The fourth-order valence-corrected chi connectivity index (χ4v) is 4.44. The second kappa shape index (κ2) is 6.68. The van der Waals surface area contributed by atoms with Crippen LogP contribution >= 0.6 is 0 Å². The molecule has 0 saturated heterocycles. The van der Waals surface area contributed by atoms with Crippen molar-refractivity contribution in [2.45, 2.75) is 71.8 Å². The van der Waals surface area contributed by atoms with Crippen molar-refractivity contribution in [3.8, 4) is 0 Å². The minimum atomic E-state index is -0.592. The van der Waals surface area contributed by atoms with E-state index >= 15 is 0 Å². The summed E-state index contributed by atoms with van der Waals surface area (Å²) in [5.41, 5.74) is 0.288.